The zero-order valence-electron chi connectivity index (χ0n) is 14.8. The van der Waals surface area contributed by atoms with Crippen LogP contribution >= 0.6 is 0 Å². The van der Waals surface area contributed by atoms with Crippen LogP contribution in [-0.2, 0) is 4.79 Å². The molecule has 2 aromatic rings. The smallest absolute Gasteiger partial charge is 0.244 e. The van der Waals surface area contributed by atoms with Gasteiger partial charge in [0.2, 0.25) is 5.91 Å². The average molecular weight is 343 g/mol. The van der Waals surface area contributed by atoms with Gasteiger partial charge in [0.15, 0.2) is 0 Å². The molecular formula is C18H25N5O2. The van der Waals surface area contributed by atoms with Gasteiger partial charge in [0.05, 0.1) is 13.2 Å². The molecule has 0 saturated carbocycles. The molecule has 2 heterocycles. The molecular weight excluding hydrogens is 318 g/mol. The molecule has 134 valence electrons. The predicted octanol–water partition coefficient (Wildman–Crippen LogP) is 1.80. The number of nitrogens with zero attached hydrogens (tertiary/aromatic N) is 4. The predicted molar refractivity (Wildman–Crippen MR) is 94.3 cm³/mol. The molecule has 7 heteroatoms. The molecule has 2 atom stereocenters. The highest BCUT2D eigenvalue weighted by Crippen LogP contribution is 2.27. The Morgan fingerprint density at radius 2 is 2.16 bits per heavy atom. The number of hydrogen-bond acceptors (Lipinski definition) is 5. The van der Waals surface area contributed by atoms with Gasteiger partial charge in [-0.15, -0.1) is 0 Å². The van der Waals surface area contributed by atoms with E-state index in [1.807, 2.05) is 19.1 Å². The van der Waals surface area contributed by atoms with E-state index < -0.39 is 0 Å². The third-order valence-electron chi connectivity index (χ3n) is 4.74. The molecule has 0 radical (unpaired) electrons. The Balaban J connectivity index is 1.70. The van der Waals surface area contributed by atoms with Crippen LogP contribution in [0.4, 0.5) is 0 Å². The monoisotopic (exact) mass is 343 g/mol. The maximum atomic E-state index is 12.5. The van der Waals surface area contributed by atoms with Crippen molar-refractivity contribution >= 4 is 5.91 Å². The van der Waals surface area contributed by atoms with Crippen LogP contribution in [0, 0.1) is 0 Å². The van der Waals surface area contributed by atoms with E-state index in [9.17, 15) is 4.79 Å². The number of methoxy groups -OCH3 is 1. The van der Waals surface area contributed by atoms with Gasteiger partial charge in [-0.2, -0.15) is 5.10 Å². The van der Waals surface area contributed by atoms with Gasteiger partial charge in [0.25, 0.3) is 0 Å². The van der Waals surface area contributed by atoms with Crippen molar-refractivity contribution in [3.05, 3.63) is 42.5 Å². The molecule has 25 heavy (non-hydrogen) atoms. The number of likely N-dealkylation sites (tertiary alicyclic amines) is 1. The fourth-order valence-corrected chi connectivity index (χ4v) is 3.24. The van der Waals surface area contributed by atoms with Crippen LogP contribution in [0.15, 0.2) is 36.9 Å². The van der Waals surface area contributed by atoms with E-state index in [2.05, 4.69) is 32.4 Å². The van der Waals surface area contributed by atoms with E-state index in [1.54, 1.807) is 18.1 Å². The molecule has 1 aliphatic rings. The quantitative estimate of drug-likeness (QED) is 0.830. The highest BCUT2D eigenvalue weighted by Gasteiger charge is 2.25. The van der Waals surface area contributed by atoms with Crippen molar-refractivity contribution in [1.82, 2.24) is 25.0 Å². The van der Waals surface area contributed by atoms with Crippen LogP contribution in [-0.4, -0.2) is 52.3 Å². The molecule has 0 spiro atoms. The molecule has 1 aliphatic heterocycles. The van der Waals surface area contributed by atoms with E-state index in [4.69, 9.17) is 4.74 Å². The summed E-state index contributed by atoms with van der Waals surface area (Å²) >= 11 is 0. The lowest BCUT2D eigenvalue weighted by Crippen LogP contribution is -2.39. The molecule has 0 unspecified atom stereocenters. The Morgan fingerprint density at radius 1 is 1.36 bits per heavy atom. The summed E-state index contributed by atoms with van der Waals surface area (Å²) < 4.78 is 6.92. The van der Waals surface area contributed by atoms with Crippen LogP contribution in [0.5, 0.6) is 5.75 Å². The molecule has 3 rings (SSSR count). The first-order valence-electron chi connectivity index (χ1n) is 8.69. The van der Waals surface area contributed by atoms with E-state index in [0.29, 0.717) is 6.54 Å². The summed E-state index contributed by atoms with van der Waals surface area (Å²) in [6, 6.07) is 7.85. The summed E-state index contributed by atoms with van der Waals surface area (Å²) in [4.78, 5) is 18.8. The van der Waals surface area contributed by atoms with Crippen LogP contribution < -0.4 is 10.1 Å². The highest BCUT2D eigenvalue weighted by molar-refractivity contribution is 5.79. The normalized spacial score (nSPS) is 17.2. The fourth-order valence-electron chi connectivity index (χ4n) is 3.24. The Labute approximate surface area is 148 Å². The number of benzene rings is 1. The molecule has 1 saturated heterocycles. The summed E-state index contributed by atoms with van der Waals surface area (Å²) in [5.74, 6) is 0.779. The van der Waals surface area contributed by atoms with Crippen molar-refractivity contribution in [2.24, 2.45) is 0 Å². The second-order valence-corrected chi connectivity index (χ2v) is 6.33. The largest absolute Gasteiger partial charge is 0.497 e. The number of aromatic nitrogens is 3. The molecule has 1 fully saturated rings. The standard InChI is InChI=1S/C18H25N5O2/c1-14(23-13-19-12-21-23)18(24)20-11-17(22-8-3-4-9-22)15-6-5-7-16(10-15)25-2/h5-7,10,12-14,17H,3-4,8-9,11H2,1-2H3,(H,20,24)/t14-,17-/m0/s1. The fraction of sp³-hybridized carbons (Fsp3) is 0.500. The first kappa shape index (κ1) is 17.4. The van der Waals surface area contributed by atoms with Crippen molar-refractivity contribution in [3.63, 3.8) is 0 Å². The van der Waals surface area contributed by atoms with Gasteiger partial charge >= 0.3 is 0 Å². The molecule has 1 N–H and O–H groups in total. The summed E-state index contributed by atoms with van der Waals surface area (Å²) in [6.07, 6.45) is 5.39. The first-order chi connectivity index (χ1) is 12.2. The summed E-state index contributed by atoms with van der Waals surface area (Å²) in [6.45, 7) is 4.48. The van der Waals surface area contributed by atoms with Crippen molar-refractivity contribution in [2.75, 3.05) is 26.7 Å². The molecule has 7 nitrogen and oxygen atoms in total. The third-order valence-corrected chi connectivity index (χ3v) is 4.74. The number of hydrogen-bond donors (Lipinski definition) is 1. The van der Waals surface area contributed by atoms with E-state index >= 15 is 0 Å². The molecule has 0 aliphatic carbocycles. The topological polar surface area (TPSA) is 72.3 Å². The SMILES string of the molecule is COc1cccc([C@H](CNC(=O)[C@H](C)n2cncn2)N2CCCC2)c1. The Bertz CT molecular complexity index is 683. The lowest BCUT2D eigenvalue weighted by Gasteiger charge is -2.29. The second kappa shape index (κ2) is 8.11. The lowest BCUT2D eigenvalue weighted by atomic mass is 10.0. The van der Waals surface area contributed by atoms with Crippen molar-refractivity contribution < 1.29 is 9.53 Å². The zero-order chi connectivity index (χ0) is 17.6. The third kappa shape index (κ3) is 4.17. The van der Waals surface area contributed by atoms with Crippen LogP contribution in [0.2, 0.25) is 0 Å². The van der Waals surface area contributed by atoms with Crippen LogP contribution in [0.3, 0.4) is 0 Å². The van der Waals surface area contributed by atoms with E-state index in [0.717, 1.165) is 24.4 Å². The molecule has 0 bridgehead atoms. The van der Waals surface area contributed by atoms with Crippen LogP contribution in [0.25, 0.3) is 0 Å². The van der Waals surface area contributed by atoms with Gasteiger partial charge < -0.3 is 10.1 Å². The minimum atomic E-state index is -0.382. The molecule has 1 aromatic heterocycles. The number of nitrogens with one attached hydrogen (secondary N) is 1. The van der Waals surface area contributed by atoms with Gasteiger partial charge in [-0.1, -0.05) is 12.1 Å². The summed E-state index contributed by atoms with van der Waals surface area (Å²) in [5.41, 5.74) is 1.16. The average Bonchev–Trinajstić information content (AvgIpc) is 3.35. The van der Waals surface area contributed by atoms with Crippen molar-refractivity contribution in [2.45, 2.75) is 31.8 Å². The number of carbonyl (C=O) groups excluding carboxylic acids is 1. The Kier molecular flexibility index (Phi) is 5.65. The first-order valence-corrected chi connectivity index (χ1v) is 8.69. The minimum Gasteiger partial charge on any atom is -0.497 e. The Hall–Kier alpha value is -2.41. The van der Waals surface area contributed by atoms with Gasteiger partial charge in [-0.3, -0.25) is 9.69 Å². The van der Waals surface area contributed by atoms with Crippen molar-refractivity contribution in [3.8, 4) is 5.75 Å². The van der Waals surface area contributed by atoms with E-state index in [1.165, 1.54) is 19.2 Å². The highest BCUT2D eigenvalue weighted by atomic mass is 16.5. The molecule has 1 aromatic carbocycles. The maximum absolute atomic E-state index is 12.5. The Morgan fingerprint density at radius 3 is 2.84 bits per heavy atom. The second-order valence-electron chi connectivity index (χ2n) is 6.33. The van der Waals surface area contributed by atoms with Gasteiger partial charge in [-0.05, 0) is 50.6 Å². The zero-order valence-corrected chi connectivity index (χ0v) is 14.8. The van der Waals surface area contributed by atoms with Gasteiger partial charge in [0, 0.05) is 6.54 Å². The van der Waals surface area contributed by atoms with Crippen molar-refractivity contribution in [1.29, 1.82) is 0 Å². The number of carbonyl (C=O) groups is 1. The van der Waals surface area contributed by atoms with Crippen LogP contribution in [0.1, 0.15) is 37.4 Å². The lowest BCUT2D eigenvalue weighted by molar-refractivity contribution is -0.124. The van der Waals surface area contributed by atoms with Gasteiger partial charge in [0.1, 0.15) is 24.4 Å². The molecule has 1 amide bonds. The number of rotatable bonds is 7. The number of amides is 1. The minimum absolute atomic E-state index is 0.0578. The number of ether oxygens (including phenoxy) is 1. The van der Waals surface area contributed by atoms with Gasteiger partial charge in [-0.25, -0.2) is 9.67 Å². The maximum Gasteiger partial charge on any atom is 0.244 e. The van der Waals surface area contributed by atoms with E-state index in [-0.39, 0.29) is 18.0 Å². The summed E-state index contributed by atoms with van der Waals surface area (Å²) in [5, 5.41) is 7.11. The summed E-state index contributed by atoms with van der Waals surface area (Å²) in [7, 11) is 1.67.